The van der Waals surface area contributed by atoms with Gasteiger partial charge in [-0.15, -0.1) is 10.2 Å². The Morgan fingerprint density at radius 1 is 1.26 bits per heavy atom. The van der Waals surface area contributed by atoms with E-state index in [-0.39, 0.29) is 11.8 Å². The van der Waals surface area contributed by atoms with Gasteiger partial charge in [0.05, 0.1) is 21.9 Å². The van der Waals surface area contributed by atoms with Crippen LogP contribution in [0.2, 0.25) is 0 Å². The number of aromatic nitrogens is 3. The molecule has 0 spiro atoms. The summed E-state index contributed by atoms with van der Waals surface area (Å²) in [5.41, 5.74) is -2.49. The lowest BCUT2D eigenvalue weighted by atomic mass is 10.1. The van der Waals surface area contributed by atoms with E-state index in [0.29, 0.717) is 11.2 Å². The molecule has 31 heavy (non-hydrogen) atoms. The highest BCUT2D eigenvalue weighted by atomic mass is 32.2. The van der Waals surface area contributed by atoms with E-state index in [1.807, 2.05) is 4.57 Å². The van der Waals surface area contributed by atoms with Crippen molar-refractivity contribution in [3.05, 3.63) is 33.9 Å². The van der Waals surface area contributed by atoms with Gasteiger partial charge in [-0.2, -0.15) is 13.2 Å². The second-order valence-electron chi connectivity index (χ2n) is 7.40. The van der Waals surface area contributed by atoms with Gasteiger partial charge in [0.25, 0.3) is 5.69 Å². The zero-order chi connectivity index (χ0) is 22.2. The van der Waals surface area contributed by atoms with E-state index in [0.717, 1.165) is 68.6 Å². The number of nitro benzene ring substituents is 1. The fraction of sp³-hybridized carbons (Fsp3) is 0.500. The molecule has 1 aromatic heterocycles. The zero-order valence-corrected chi connectivity index (χ0v) is 17.1. The molecule has 0 unspecified atom stereocenters. The number of non-ortho nitro benzene ring substituents is 1. The van der Waals surface area contributed by atoms with Crippen molar-refractivity contribution in [2.75, 3.05) is 29.1 Å². The van der Waals surface area contributed by atoms with Crippen molar-refractivity contribution < 1.29 is 22.9 Å². The number of rotatable bonds is 7. The molecule has 0 bridgehead atoms. The highest BCUT2D eigenvalue weighted by molar-refractivity contribution is 7.99. The van der Waals surface area contributed by atoms with Gasteiger partial charge in [0, 0.05) is 31.3 Å². The largest absolute Gasteiger partial charge is 0.418 e. The Bertz CT molecular complexity index is 1000. The summed E-state index contributed by atoms with van der Waals surface area (Å²) in [4.78, 5) is 24.4. The molecule has 1 amide bonds. The Balaban J connectivity index is 1.46. The lowest BCUT2D eigenvalue weighted by Gasteiger charge is -2.18. The van der Waals surface area contributed by atoms with Gasteiger partial charge in [-0.25, -0.2) is 0 Å². The van der Waals surface area contributed by atoms with Crippen LogP contribution in [-0.4, -0.2) is 44.4 Å². The quantitative estimate of drug-likeness (QED) is 0.383. The van der Waals surface area contributed by atoms with Crippen molar-refractivity contribution >= 4 is 35.0 Å². The minimum Gasteiger partial charge on any atom is -0.341 e. The molecule has 9 nitrogen and oxygen atoms in total. The third-order valence-corrected chi connectivity index (χ3v) is 6.02. The third kappa shape index (κ3) is 4.75. The Kier molecular flexibility index (Phi) is 5.77. The van der Waals surface area contributed by atoms with E-state index in [1.165, 1.54) is 0 Å². The summed E-state index contributed by atoms with van der Waals surface area (Å²) in [6.45, 7) is 1.80. The molecule has 2 aliphatic rings. The number of benzene rings is 1. The monoisotopic (exact) mass is 456 g/mol. The van der Waals surface area contributed by atoms with E-state index in [4.69, 9.17) is 0 Å². The molecular formula is C18H19F3N6O3S. The molecular weight excluding hydrogens is 437 g/mol. The standard InChI is InChI=1S/C18H19F3N6O3S/c19-18(20,21)13-9-12(27(29)30)5-6-14(13)22-15(28)10-31-17-24-23-16(25-7-1-2-8-25)26(17)11-3-4-11/h5-6,9,11H,1-4,7-8,10H2,(H,22,28). The highest BCUT2D eigenvalue weighted by Gasteiger charge is 2.36. The number of hydrogen-bond donors (Lipinski definition) is 1. The van der Waals surface area contributed by atoms with Gasteiger partial charge >= 0.3 is 6.18 Å². The molecule has 2 heterocycles. The molecule has 1 saturated carbocycles. The summed E-state index contributed by atoms with van der Waals surface area (Å²) in [6, 6.07) is 2.50. The number of anilines is 2. The molecule has 1 saturated heterocycles. The molecule has 1 aliphatic carbocycles. The first-order valence-corrected chi connectivity index (χ1v) is 10.7. The van der Waals surface area contributed by atoms with Crippen molar-refractivity contribution in [2.45, 2.75) is 43.1 Å². The fourth-order valence-electron chi connectivity index (χ4n) is 3.46. The number of nitrogens with zero attached hydrogens (tertiary/aromatic N) is 5. The maximum Gasteiger partial charge on any atom is 0.418 e. The SMILES string of the molecule is O=C(CSc1nnc(N2CCCC2)n1C1CC1)Nc1ccc([N+](=O)[O-])cc1C(F)(F)F. The number of nitrogens with one attached hydrogen (secondary N) is 1. The first kappa shape index (κ1) is 21.4. The van der Waals surface area contributed by atoms with Gasteiger partial charge < -0.3 is 10.2 Å². The second kappa shape index (κ2) is 8.36. The normalized spacial score (nSPS) is 16.5. The first-order valence-electron chi connectivity index (χ1n) is 9.72. The molecule has 1 N–H and O–H groups in total. The van der Waals surface area contributed by atoms with Gasteiger partial charge in [-0.1, -0.05) is 11.8 Å². The number of nitro groups is 1. The summed E-state index contributed by atoms with van der Waals surface area (Å²) in [7, 11) is 0. The summed E-state index contributed by atoms with van der Waals surface area (Å²) >= 11 is 1.10. The number of hydrogen-bond acceptors (Lipinski definition) is 7. The summed E-state index contributed by atoms with van der Waals surface area (Å²) < 4.78 is 41.9. The van der Waals surface area contributed by atoms with Gasteiger partial charge in [0.15, 0.2) is 5.16 Å². The molecule has 166 valence electrons. The van der Waals surface area contributed by atoms with Gasteiger partial charge in [-0.05, 0) is 31.7 Å². The van der Waals surface area contributed by atoms with Crippen molar-refractivity contribution in [2.24, 2.45) is 0 Å². The van der Waals surface area contributed by atoms with Crippen molar-refractivity contribution in [3.63, 3.8) is 0 Å². The second-order valence-corrected chi connectivity index (χ2v) is 8.34. The van der Waals surface area contributed by atoms with Gasteiger partial charge in [0.2, 0.25) is 11.9 Å². The summed E-state index contributed by atoms with van der Waals surface area (Å²) in [6.07, 6.45) is -0.691. The van der Waals surface area contributed by atoms with E-state index < -0.39 is 33.9 Å². The molecule has 2 aromatic rings. The number of carbonyl (C=O) groups is 1. The zero-order valence-electron chi connectivity index (χ0n) is 16.3. The smallest absolute Gasteiger partial charge is 0.341 e. The minimum atomic E-state index is -4.85. The van der Waals surface area contributed by atoms with E-state index in [1.54, 1.807) is 0 Å². The lowest BCUT2D eigenvalue weighted by Crippen LogP contribution is -2.22. The van der Waals surface area contributed by atoms with Crippen molar-refractivity contribution in [3.8, 4) is 0 Å². The Morgan fingerprint density at radius 2 is 1.97 bits per heavy atom. The van der Waals surface area contributed by atoms with Crippen LogP contribution in [0.5, 0.6) is 0 Å². The van der Waals surface area contributed by atoms with E-state index in [9.17, 15) is 28.1 Å². The predicted molar refractivity (Wildman–Crippen MR) is 107 cm³/mol. The van der Waals surface area contributed by atoms with Crippen LogP contribution in [0.3, 0.4) is 0 Å². The van der Waals surface area contributed by atoms with Gasteiger partial charge in [-0.3, -0.25) is 19.5 Å². The third-order valence-electron chi connectivity index (χ3n) is 5.07. The van der Waals surface area contributed by atoms with E-state index >= 15 is 0 Å². The molecule has 0 atom stereocenters. The molecule has 1 aliphatic heterocycles. The average molecular weight is 456 g/mol. The number of halogens is 3. The molecule has 4 rings (SSSR count). The predicted octanol–water partition coefficient (Wildman–Crippen LogP) is 3.87. The average Bonchev–Trinajstić information content (AvgIpc) is 3.23. The van der Waals surface area contributed by atoms with Crippen LogP contribution in [0.1, 0.15) is 37.3 Å². The first-order chi connectivity index (χ1) is 14.7. The molecule has 2 fully saturated rings. The summed E-state index contributed by atoms with van der Waals surface area (Å²) in [5.74, 6) is -0.0610. The van der Waals surface area contributed by atoms with Crippen LogP contribution in [0.25, 0.3) is 0 Å². The van der Waals surface area contributed by atoms with Crippen LogP contribution >= 0.6 is 11.8 Å². The topological polar surface area (TPSA) is 106 Å². The van der Waals surface area contributed by atoms with Crippen LogP contribution in [0.15, 0.2) is 23.4 Å². The van der Waals surface area contributed by atoms with Crippen LogP contribution in [0, 0.1) is 10.1 Å². The number of alkyl halides is 3. The Morgan fingerprint density at radius 3 is 2.58 bits per heavy atom. The highest BCUT2D eigenvalue weighted by Crippen LogP contribution is 2.41. The van der Waals surface area contributed by atoms with Crippen molar-refractivity contribution in [1.82, 2.24) is 14.8 Å². The minimum absolute atomic E-state index is 0.168. The molecule has 13 heteroatoms. The van der Waals surface area contributed by atoms with Crippen LogP contribution in [-0.2, 0) is 11.0 Å². The number of thioether (sulfide) groups is 1. The molecule has 0 radical (unpaired) electrons. The maximum absolute atomic E-state index is 13.3. The fourth-order valence-corrected chi connectivity index (χ4v) is 4.26. The van der Waals surface area contributed by atoms with E-state index in [2.05, 4.69) is 20.4 Å². The van der Waals surface area contributed by atoms with Gasteiger partial charge in [0.1, 0.15) is 0 Å². The lowest BCUT2D eigenvalue weighted by molar-refractivity contribution is -0.385. The summed E-state index contributed by atoms with van der Waals surface area (Å²) in [5, 5.41) is 22.0. The molecule has 1 aromatic carbocycles. The maximum atomic E-state index is 13.3. The number of amides is 1. The Hall–Kier alpha value is -2.83. The van der Waals surface area contributed by atoms with Crippen LogP contribution < -0.4 is 10.2 Å². The van der Waals surface area contributed by atoms with Crippen LogP contribution in [0.4, 0.5) is 30.5 Å². The Labute approximate surface area is 179 Å². The number of carbonyl (C=O) groups excluding carboxylic acids is 1. The van der Waals surface area contributed by atoms with Crippen molar-refractivity contribution in [1.29, 1.82) is 0 Å².